The number of aryl methyl sites for hydroxylation is 1. The minimum absolute atomic E-state index is 0.0309. The molecule has 1 atom stereocenters. The molecule has 0 saturated carbocycles. The molecule has 0 bridgehead atoms. The summed E-state index contributed by atoms with van der Waals surface area (Å²) >= 11 is 0. The largest absolute Gasteiger partial charge is 0.493 e. The van der Waals surface area contributed by atoms with Crippen molar-refractivity contribution in [2.45, 2.75) is 26.6 Å². The van der Waals surface area contributed by atoms with Crippen molar-refractivity contribution in [2.24, 2.45) is 0 Å². The summed E-state index contributed by atoms with van der Waals surface area (Å²) in [7, 11) is 1.64. The van der Waals surface area contributed by atoms with Gasteiger partial charge in [-0.3, -0.25) is 9.69 Å². The predicted molar refractivity (Wildman–Crippen MR) is 144 cm³/mol. The lowest BCUT2D eigenvalue weighted by atomic mass is 9.98. The van der Waals surface area contributed by atoms with E-state index in [1.165, 1.54) is 0 Å². The van der Waals surface area contributed by atoms with Gasteiger partial charge in [0.15, 0.2) is 11.5 Å². The number of carbonyl (C=O) groups excluding carboxylic acids is 1. The number of nitrogens with zero attached hydrogens (tertiary/aromatic N) is 2. The van der Waals surface area contributed by atoms with E-state index in [9.17, 15) is 4.79 Å². The van der Waals surface area contributed by atoms with Crippen molar-refractivity contribution in [1.29, 1.82) is 0 Å². The Bertz CT molecular complexity index is 1350. The number of hydrogen-bond acceptors (Lipinski definition) is 4. The fourth-order valence-corrected chi connectivity index (χ4v) is 4.78. The van der Waals surface area contributed by atoms with Gasteiger partial charge < -0.3 is 14.4 Å². The average Bonchev–Trinajstić information content (AvgIpc) is 2.92. The highest BCUT2D eigenvalue weighted by molar-refractivity contribution is 6.12. The lowest BCUT2D eigenvalue weighted by molar-refractivity contribution is 0.0968. The van der Waals surface area contributed by atoms with Crippen LogP contribution in [0.1, 0.15) is 40.1 Å². The number of amides is 1. The highest BCUT2D eigenvalue weighted by atomic mass is 16.5. The molecule has 1 aliphatic heterocycles. The van der Waals surface area contributed by atoms with Gasteiger partial charge in [0.25, 0.3) is 5.91 Å². The van der Waals surface area contributed by atoms with E-state index in [1.807, 2.05) is 104 Å². The normalized spacial score (nSPS) is 15.0. The molecule has 4 aromatic carbocycles. The zero-order chi connectivity index (χ0) is 25.1. The molecule has 0 aromatic heterocycles. The van der Waals surface area contributed by atoms with Gasteiger partial charge in [0.05, 0.1) is 25.0 Å². The van der Waals surface area contributed by atoms with Crippen LogP contribution in [0.4, 0.5) is 11.4 Å². The van der Waals surface area contributed by atoms with E-state index in [4.69, 9.17) is 9.47 Å². The Labute approximate surface area is 212 Å². The van der Waals surface area contributed by atoms with Gasteiger partial charge in [-0.2, -0.15) is 0 Å². The Kier molecular flexibility index (Phi) is 6.63. The maximum Gasteiger partial charge on any atom is 0.262 e. The van der Waals surface area contributed by atoms with Crippen LogP contribution in [0.2, 0.25) is 0 Å². The van der Waals surface area contributed by atoms with E-state index in [1.54, 1.807) is 7.11 Å². The average molecular weight is 479 g/mol. The van der Waals surface area contributed by atoms with Crippen LogP contribution < -0.4 is 19.3 Å². The Morgan fingerprint density at radius 1 is 0.833 bits per heavy atom. The molecule has 4 aromatic rings. The molecule has 1 amide bonds. The van der Waals surface area contributed by atoms with E-state index >= 15 is 0 Å². The van der Waals surface area contributed by atoms with Crippen molar-refractivity contribution in [3.63, 3.8) is 0 Å². The summed E-state index contributed by atoms with van der Waals surface area (Å²) < 4.78 is 11.5. The van der Waals surface area contributed by atoms with E-state index in [0.29, 0.717) is 30.2 Å². The van der Waals surface area contributed by atoms with Gasteiger partial charge >= 0.3 is 0 Å². The van der Waals surface area contributed by atoms with Gasteiger partial charge in [-0.1, -0.05) is 66.2 Å². The van der Waals surface area contributed by atoms with Gasteiger partial charge in [-0.05, 0) is 61.4 Å². The quantitative estimate of drug-likeness (QED) is 0.294. The number of anilines is 2. The van der Waals surface area contributed by atoms with Crippen molar-refractivity contribution in [1.82, 2.24) is 0 Å². The Hall–Kier alpha value is -4.25. The van der Waals surface area contributed by atoms with Crippen LogP contribution in [0.3, 0.4) is 0 Å². The van der Waals surface area contributed by atoms with Gasteiger partial charge in [-0.25, -0.2) is 0 Å². The summed E-state index contributed by atoms with van der Waals surface area (Å²) in [6.07, 6.45) is -0.389. The van der Waals surface area contributed by atoms with Crippen molar-refractivity contribution >= 4 is 17.3 Å². The molecule has 0 aliphatic carbocycles. The third-order valence-electron chi connectivity index (χ3n) is 6.50. The number of para-hydroxylation sites is 1. The van der Waals surface area contributed by atoms with Crippen LogP contribution in [-0.4, -0.2) is 19.6 Å². The number of methoxy groups -OCH3 is 1. The fraction of sp³-hybridized carbons (Fsp3) is 0.194. The second-order valence-electron chi connectivity index (χ2n) is 8.86. The molecule has 5 nitrogen and oxygen atoms in total. The smallest absolute Gasteiger partial charge is 0.262 e. The minimum atomic E-state index is -0.389. The van der Waals surface area contributed by atoms with Crippen LogP contribution in [0.25, 0.3) is 0 Å². The summed E-state index contributed by atoms with van der Waals surface area (Å²) in [5.41, 5.74) is 5.68. The summed E-state index contributed by atoms with van der Waals surface area (Å²) in [4.78, 5) is 18.2. The molecule has 0 radical (unpaired) electrons. The first-order valence-electron chi connectivity index (χ1n) is 12.2. The molecule has 1 heterocycles. The number of ether oxygens (including phenoxy) is 2. The fourth-order valence-electron chi connectivity index (χ4n) is 4.78. The molecular formula is C31H30N2O3. The molecule has 0 fully saturated rings. The minimum Gasteiger partial charge on any atom is -0.493 e. The zero-order valence-electron chi connectivity index (χ0n) is 20.8. The van der Waals surface area contributed by atoms with Crippen molar-refractivity contribution in [2.75, 3.05) is 23.5 Å². The second-order valence-corrected chi connectivity index (χ2v) is 8.86. The molecule has 1 aliphatic rings. The maximum absolute atomic E-state index is 14.1. The highest BCUT2D eigenvalue weighted by Crippen LogP contribution is 2.44. The Morgan fingerprint density at radius 3 is 2.28 bits per heavy atom. The highest BCUT2D eigenvalue weighted by Gasteiger charge is 2.39. The molecule has 36 heavy (non-hydrogen) atoms. The van der Waals surface area contributed by atoms with Crippen LogP contribution in [0.5, 0.6) is 11.5 Å². The number of rotatable bonds is 7. The summed E-state index contributed by atoms with van der Waals surface area (Å²) in [5.74, 6) is 1.29. The molecule has 0 N–H and O–H groups in total. The van der Waals surface area contributed by atoms with Gasteiger partial charge in [0, 0.05) is 12.2 Å². The number of fused-ring (bicyclic) bond motifs is 1. The van der Waals surface area contributed by atoms with E-state index < -0.39 is 0 Å². The number of benzene rings is 4. The van der Waals surface area contributed by atoms with Gasteiger partial charge in [-0.15, -0.1) is 0 Å². The summed E-state index contributed by atoms with van der Waals surface area (Å²) in [6, 6.07) is 32.2. The Balaban J connectivity index is 1.72. The molecule has 5 rings (SSSR count). The van der Waals surface area contributed by atoms with E-state index in [-0.39, 0.29) is 12.1 Å². The van der Waals surface area contributed by atoms with E-state index in [0.717, 1.165) is 28.1 Å². The van der Waals surface area contributed by atoms with Crippen LogP contribution in [-0.2, 0) is 6.54 Å². The standard InChI is InChI=1S/C31H30N2O3/c1-4-36-28-19-16-24(20-29(28)35-3)30-32(21-23-10-6-5-7-11-23)27-13-9-8-12-26(27)31(34)33(30)25-17-14-22(2)15-18-25/h5-20,30H,4,21H2,1-3H3/t30-/m1/s1. The number of hydrogen-bond donors (Lipinski definition) is 0. The Morgan fingerprint density at radius 2 is 1.56 bits per heavy atom. The van der Waals surface area contributed by atoms with Crippen molar-refractivity contribution in [3.05, 3.63) is 119 Å². The van der Waals surface area contributed by atoms with E-state index in [2.05, 4.69) is 17.0 Å². The van der Waals surface area contributed by atoms with Crippen molar-refractivity contribution in [3.8, 4) is 11.5 Å². The third kappa shape index (κ3) is 4.40. The molecule has 182 valence electrons. The maximum atomic E-state index is 14.1. The first kappa shape index (κ1) is 23.5. The lowest BCUT2D eigenvalue weighted by Gasteiger charge is -2.46. The van der Waals surface area contributed by atoms with Gasteiger partial charge in [0.1, 0.15) is 6.17 Å². The third-order valence-corrected chi connectivity index (χ3v) is 6.50. The van der Waals surface area contributed by atoms with Crippen LogP contribution in [0.15, 0.2) is 97.1 Å². The van der Waals surface area contributed by atoms with Crippen LogP contribution in [0, 0.1) is 6.92 Å². The number of carbonyl (C=O) groups is 1. The SMILES string of the molecule is CCOc1ccc([C@@H]2N(Cc3ccccc3)c3ccccc3C(=O)N2c2ccc(C)cc2)cc1OC. The first-order chi connectivity index (χ1) is 17.6. The summed E-state index contributed by atoms with van der Waals surface area (Å²) in [5, 5.41) is 0. The topological polar surface area (TPSA) is 42.0 Å². The second kappa shape index (κ2) is 10.2. The first-order valence-corrected chi connectivity index (χ1v) is 12.2. The lowest BCUT2D eigenvalue weighted by Crippen LogP contribution is -2.49. The summed E-state index contributed by atoms with van der Waals surface area (Å²) in [6.45, 7) is 5.17. The van der Waals surface area contributed by atoms with Crippen molar-refractivity contribution < 1.29 is 14.3 Å². The van der Waals surface area contributed by atoms with Gasteiger partial charge in [0.2, 0.25) is 0 Å². The molecule has 0 spiro atoms. The molecular weight excluding hydrogens is 448 g/mol. The monoisotopic (exact) mass is 478 g/mol. The van der Waals surface area contributed by atoms with Crippen LogP contribution >= 0.6 is 0 Å². The molecule has 0 saturated heterocycles. The predicted octanol–water partition coefficient (Wildman–Crippen LogP) is 6.77. The molecule has 0 unspecified atom stereocenters. The zero-order valence-corrected chi connectivity index (χ0v) is 20.8. The molecule has 5 heteroatoms.